The minimum absolute atomic E-state index is 0.263. The molecule has 1 unspecified atom stereocenters. The van der Waals surface area contributed by atoms with Crippen LogP contribution >= 0.6 is 38.9 Å². The molecule has 0 aliphatic rings. The molecule has 0 spiro atoms. The zero-order valence-electron chi connectivity index (χ0n) is 8.59. The van der Waals surface area contributed by atoms with Gasteiger partial charge in [-0.3, -0.25) is 0 Å². The predicted molar refractivity (Wildman–Crippen MR) is 69.6 cm³/mol. The van der Waals surface area contributed by atoms with Crippen LogP contribution in [0.15, 0.2) is 10.5 Å². The molecule has 1 rings (SSSR count). The highest BCUT2D eigenvalue weighted by Crippen LogP contribution is 2.31. The Morgan fingerprint density at radius 2 is 2.40 bits per heavy atom. The first-order valence-corrected chi connectivity index (χ1v) is 6.87. The number of hydrogen-bond acceptors (Lipinski definition) is 3. The predicted octanol–water partition coefficient (Wildman–Crippen LogP) is 3.27. The third-order valence-corrected chi connectivity index (χ3v) is 4.58. The molecule has 2 nitrogen and oxygen atoms in total. The number of aliphatic hydroxyl groups is 1. The highest BCUT2D eigenvalue weighted by Gasteiger charge is 2.05. The van der Waals surface area contributed by atoms with Crippen LogP contribution in [0.3, 0.4) is 0 Å². The van der Waals surface area contributed by atoms with E-state index >= 15 is 0 Å². The van der Waals surface area contributed by atoms with E-state index in [1.807, 2.05) is 6.07 Å². The fraction of sp³-hybridized carbons (Fsp3) is 0.600. The summed E-state index contributed by atoms with van der Waals surface area (Å²) in [6, 6.07) is 2.04. The molecule has 0 amide bonds. The molecule has 0 aromatic carbocycles. The van der Waals surface area contributed by atoms with E-state index in [1.165, 1.54) is 4.88 Å². The van der Waals surface area contributed by atoms with Crippen molar-refractivity contribution in [1.82, 2.24) is 5.32 Å². The zero-order chi connectivity index (χ0) is 11.3. The molecule has 0 radical (unpaired) electrons. The Hall–Kier alpha value is 0.390. The maximum atomic E-state index is 8.74. The lowest BCUT2D eigenvalue weighted by Gasteiger charge is -2.09. The second-order valence-electron chi connectivity index (χ2n) is 3.58. The molecule has 15 heavy (non-hydrogen) atoms. The summed E-state index contributed by atoms with van der Waals surface area (Å²) in [7, 11) is 0. The minimum Gasteiger partial charge on any atom is -0.396 e. The molecule has 0 bridgehead atoms. The summed E-state index contributed by atoms with van der Waals surface area (Å²) in [4.78, 5) is 1.23. The van der Waals surface area contributed by atoms with Crippen LogP contribution in [-0.2, 0) is 6.54 Å². The van der Waals surface area contributed by atoms with Gasteiger partial charge in [0.15, 0.2) is 0 Å². The molecular weight excluding hydrogens is 298 g/mol. The fourth-order valence-corrected chi connectivity index (χ4v) is 3.00. The first-order valence-electron chi connectivity index (χ1n) is 4.88. The second-order valence-corrected chi connectivity index (χ2v) is 6.18. The third-order valence-electron chi connectivity index (χ3n) is 2.11. The monoisotopic (exact) mass is 311 g/mol. The number of nitrogens with one attached hydrogen (secondary N) is 1. The van der Waals surface area contributed by atoms with Crippen molar-refractivity contribution >= 4 is 38.9 Å². The zero-order valence-corrected chi connectivity index (χ0v) is 11.8. The van der Waals surface area contributed by atoms with Crippen molar-refractivity contribution in [3.63, 3.8) is 0 Å². The van der Waals surface area contributed by atoms with Gasteiger partial charge in [-0.05, 0) is 40.9 Å². The van der Waals surface area contributed by atoms with Gasteiger partial charge in [0.05, 0.1) is 0 Å². The summed E-state index contributed by atoms with van der Waals surface area (Å²) < 4.78 is 1.77. The second kappa shape index (κ2) is 6.86. The lowest BCUT2D eigenvalue weighted by molar-refractivity contribution is 0.260. The standard InChI is InChI=1S/C10H15BrClNOS/c1-7(2-3-14)5-13-6-8-4-9(11)10(12)15-8/h4,7,13-14H,2-3,5-6H2,1H3. The van der Waals surface area contributed by atoms with Gasteiger partial charge in [-0.2, -0.15) is 0 Å². The smallest absolute Gasteiger partial charge is 0.107 e. The number of aliphatic hydroxyl groups excluding tert-OH is 1. The van der Waals surface area contributed by atoms with Crippen molar-refractivity contribution in [3.8, 4) is 0 Å². The normalized spacial score (nSPS) is 13.1. The number of rotatable bonds is 6. The van der Waals surface area contributed by atoms with Gasteiger partial charge >= 0.3 is 0 Å². The lowest BCUT2D eigenvalue weighted by Crippen LogP contribution is -2.20. The Balaban J connectivity index is 2.25. The molecule has 5 heteroatoms. The molecule has 2 N–H and O–H groups in total. The van der Waals surface area contributed by atoms with Crippen LogP contribution in [0.5, 0.6) is 0 Å². The molecule has 0 saturated heterocycles. The van der Waals surface area contributed by atoms with Gasteiger partial charge in [0.2, 0.25) is 0 Å². The maximum absolute atomic E-state index is 8.74. The average molecular weight is 313 g/mol. The molecule has 1 heterocycles. The van der Waals surface area contributed by atoms with Gasteiger partial charge < -0.3 is 10.4 Å². The van der Waals surface area contributed by atoms with Crippen molar-refractivity contribution in [1.29, 1.82) is 0 Å². The third kappa shape index (κ3) is 4.83. The molecule has 1 aromatic heterocycles. The van der Waals surface area contributed by atoms with Crippen molar-refractivity contribution in [3.05, 3.63) is 19.8 Å². The molecule has 1 atom stereocenters. The Labute approximate surface area is 108 Å². The number of halogens is 2. The first kappa shape index (κ1) is 13.5. The highest BCUT2D eigenvalue weighted by atomic mass is 79.9. The van der Waals surface area contributed by atoms with E-state index in [9.17, 15) is 0 Å². The Bertz CT molecular complexity index is 286. The molecule has 0 saturated carbocycles. The summed E-state index contributed by atoms with van der Waals surface area (Å²) in [6.07, 6.45) is 0.849. The maximum Gasteiger partial charge on any atom is 0.107 e. The van der Waals surface area contributed by atoms with Gasteiger partial charge in [0.25, 0.3) is 0 Å². The van der Waals surface area contributed by atoms with E-state index in [-0.39, 0.29) is 6.61 Å². The molecule has 0 fully saturated rings. The quantitative estimate of drug-likeness (QED) is 0.845. The van der Waals surface area contributed by atoms with Gasteiger partial charge in [-0.15, -0.1) is 11.3 Å². The van der Waals surface area contributed by atoms with E-state index in [0.717, 1.165) is 28.3 Å². The minimum atomic E-state index is 0.263. The first-order chi connectivity index (χ1) is 7.13. The number of hydrogen-bond donors (Lipinski definition) is 2. The average Bonchev–Trinajstić information content (AvgIpc) is 2.46. The number of thiophene rings is 1. The van der Waals surface area contributed by atoms with Gasteiger partial charge in [0.1, 0.15) is 4.34 Å². The van der Waals surface area contributed by atoms with Crippen LogP contribution in [0.4, 0.5) is 0 Å². The van der Waals surface area contributed by atoms with E-state index in [1.54, 1.807) is 11.3 Å². The van der Waals surface area contributed by atoms with Crippen molar-refractivity contribution in [2.24, 2.45) is 5.92 Å². The van der Waals surface area contributed by atoms with Crippen LogP contribution in [0.2, 0.25) is 4.34 Å². The highest BCUT2D eigenvalue weighted by molar-refractivity contribution is 9.10. The molecule has 0 aliphatic heterocycles. The molecular formula is C10H15BrClNOS. The van der Waals surface area contributed by atoms with Gasteiger partial charge in [0, 0.05) is 22.5 Å². The van der Waals surface area contributed by atoms with Crippen molar-refractivity contribution in [2.45, 2.75) is 19.9 Å². The molecule has 86 valence electrons. The lowest BCUT2D eigenvalue weighted by atomic mass is 10.1. The van der Waals surface area contributed by atoms with Gasteiger partial charge in [-0.1, -0.05) is 18.5 Å². The summed E-state index contributed by atoms with van der Waals surface area (Å²) in [5, 5.41) is 12.1. The Morgan fingerprint density at radius 3 is 2.93 bits per heavy atom. The van der Waals surface area contributed by atoms with Crippen LogP contribution < -0.4 is 5.32 Å². The Kier molecular flexibility index (Phi) is 6.16. The van der Waals surface area contributed by atoms with Crippen LogP contribution in [-0.4, -0.2) is 18.3 Å². The van der Waals surface area contributed by atoms with Crippen molar-refractivity contribution < 1.29 is 5.11 Å². The topological polar surface area (TPSA) is 32.3 Å². The van der Waals surface area contributed by atoms with Gasteiger partial charge in [-0.25, -0.2) is 0 Å². The van der Waals surface area contributed by atoms with Crippen LogP contribution in [0.1, 0.15) is 18.2 Å². The summed E-state index contributed by atoms with van der Waals surface area (Å²) in [6.45, 7) is 4.15. The molecule has 1 aromatic rings. The van der Waals surface area contributed by atoms with Crippen molar-refractivity contribution in [2.75, 3.05) is 13.2 Å². The fourth-order valence-electron chi connectivity index (χ4n) is 1.24. The largest absolute Gasteiger partial charge is 0.396 e. The van der Waals surface area contributed by atoms with E-state index in [0.29, 0.717) is 5.92 Å². The van der Waals surface area contributed by atoms with E-state index in [2.05, 4.69) is 28.2 Å². The molecule has 0 aliphatic carbocycles. The Morgan fingerprint density at radius 1 is 1.67 bits per heavy atom. The van der Waals surface area contributed by atoms with E-state index < -0.39 is 0 Å². The summed E-state index contributed by atoms with van der Waals surface area (Å²) in [5.74, 6) is 0.508. The summed E-state index contributed by atoms with van der Waals surface area (Å²) in [5.41, 5.74) is 0. The van der Waals surface area contributed by atoms with E-state index in [4.69, 9.17) is 16.7 Å². The van der Waals surface area contributed by atoms with Crippen LogP contribution in [0.25, 0.3) is 0 Å². The summed E-state index contributed by atoms with van der Waals surface area (Å²) >= 11 is 10.9. The SMILES string of the molecule is CC(CCO)CNCc1cc(Br)c(Cl)s1. The van der Waals surface area contributed by atoms with Crippen LogP contribution in [0, 0.1) is 5.92 Å².